The van der Waals surface area contributed by atoms with E-state index in [2.05, 4.69) is 19.9 Å². The van der Waals surface area contributed by atoms with E-state index < -0.39 is 11.6 Å². The predicted octanol–water partition coefficient (Wildman–Crippen LogP) is 2.57. The molecule has 8 unspecified atom stereocenters. The van der Waals surface area contributed by atoms with E-state index in [1.807, 2.05) is 0 Å². The quantitative estimate of drug-likeness (QED) is 0.637. The van der Waals surface area contributed by atoms with Crippen molar-refractivity contribution < 1.29 is 15.0 Å². The van der Waals surface area contributed by atoms with E-state index in [-0.39, 0.29) is 34.6 Å². The molecule has 8 atom stereocenters. The molecule has 0 heterocycles. The lowest BCUT2D eigenvalue weighted by atomic mass is 9.43. The summed E-state index contributed by atoms with van der Waals surface area (Å²) in [6.45, 7) is 6.13. The molecule has 0 aromatic rings. The second-order valence-electron chi connectivity index (χ2n) is 9.81. The molecule has 4 aliphatic rings. The Balaban J connectivity index is 1.78. The summed E-state index contributed by atoms with van der Waals surface area (Å²) < 4.78 is 0. The van der Waals surface area contributed by atoms with Crippen LogP contribution >= 0.6 is 0 Å². The van der Waals surface area contributed by atoms with Crippen molar-refractivity contribution in [3.05, 3.63) is 11.6 Å². The molecule has 0 bridgehead atoms. The first-order valence-corrected chi connectivity index (χ1v) is 9.99. The van der Waals surface area contributed by atoms with Crippen molar-refractivity contribution in [3.8, 4) is 0 Å². The first-order chi connectivity index (χ1) is 11.6. The number of hydrogen-bond acceptors (Lipinski definition) is 4. The molecular formula is C21H33NO3. The van der Waals surface area contributed by atoms with Crippen molar-refractivity contribution in [1.82, 2.24) is 0 Å². The van der Waals surface area contributed by atoms with Gasteiger partial charge in [-0.2, -0.15) is 0 Å². The smallest absolute Gasteiger partial charge is 0.133 e. The van der Waals surface area contributed by atoms with Crippen molar-refractivity contribution >= 4 is 5.78 Å². The van der Waals surface area contributed by atoms with Gasteiger partial charge < -0.3 is 15.9 Å². The summed E-state index contributed by atoms with van der Waals surface area (Å²) in [5, 5.41) is 21.4. The van der Waals surface area contributed by atoms with Crippen LogP contribution in [0.15, 0.2) is 11.6 Å². The van der Waals surface area contributed by atoms with E-state index >= 15 is 0 Å². The van der Waals surface area contributed by atoms with E-state index in [0.29, 0.717) is 18.8 Å². The first kappa shape index (κ1) is 17.7. The molecule has 0 saturated heterocycles. The van der Waals surface area contributed by atoms with Gasteiger partial charge in [-0.25, -0.2) is 0 Å². The molecule has 4 rings (SSSR count). The summed E-state index contributed by atoms with van der Waals surface area (Å²) in [5.41, 5.74) is 7.34. The topological polar surface area (TPSA) is 83.5 Å². The highest BCUT2D eigenvalue weighted by atomic mass is 16.3. The lowest BCUT2D eigenvalue weighted by Crippen LogP contribution is -2.74. The fraction of sp³-hybridized carbons (Fsp3) is 0.857. The van der Waals surface area contributed by atoms with Gasteiger partial charge in [0.05, 0.1) is 17.7 Å². The average Bonchev–Trinajstić information content (AvgIpc) is 2.87. The maximum Gasteiger partial charge on any atom is 0.133 e. The van der Waals surface area contributed by atoms with Crippen LogP contribution in [0.5, 0.6) is 0 Å². The molecule has 3 fully saturated rings. The standard InChI is InChI=1S/C21H33NO3/c1-12(23)15-6-7-16-17-5-4-13-10-14(24)8-9-20(13,3)21(17,22)18(25)11-19(15,16)2/h4,14-18,24-25H,5-11,22H2,1-3H3. The van der Waals surface area contributed by atoms with E-state index in [0.717, 1.165) is 32.1 Å². The Morgan fingerprint density at radius 2 is 1.92 bits per heavy atom. The van der Waals surface area contributed by atoms with Gasteiger partial charge in [-0.05, 0) is 69.1 Å². The summed E-state index contributed by atoms with van der Waals surface area (Å²) in [4.78, 5) is 12.2. The SMILES string of the molecule is CC(=O)C1CCC2C3CC=C4CC(O)CCC4(C)C3(N)C(O)CC12C. The Bertz CT molecular complexity index is 631. The number of nitrogens with two attached hydrogens (primary N) is 1. The Morgan fingerprint density at radius 1 is 1.20 bits per heavy atom. The normalized spacial score (nSPS) is 55.0. The summed E-state index contributed by atoms with van der Waals surface area (Å²) in [7, 11) is 0. The van der Waals surface area contributed by atoms with Gasteiger partial charge in [-0.1, -0.05) is 25.5 Å². The second kappa shape index (κ2) is 5.40. The van der Waals surface area contributed by atoms with Gasteiger partial charge >= 0.3 is 0 Å². The van der Waals surface area contributed by atoms with E-state index in [1.54, 1.807) is 6.92 Å². The number of carbonyl (C=O) groups excluding carboxylic acids is 1. The molecule has 0 amide bonds. The number of rotatable bonds is 1. The molecule has 0 aromatic carbocycles. The number of carbonyl (C=O) groups is 1. The number of hydrogen-bond donors (Lipinski definition) is 3. The zero-order valence-corrected chi connectivity index (χ0v) is 15.8. The number of ketones is 1. The third-order valence-electron chi connectivity index (χ3n) is 8.90. The van der Waals surface area contributed by atoms with Crippen molar-refractivity contribution in [3.63, 3.8) is 0 Å². The van der Waals surface area contributed by atoms with Crippen LogP contribution < -0.4 is 5.73 Å². The Kier molecular flexibility index (Phi) is 3.82. The van der Waals surface area contributed by atoms with Crippen LogP contribution in [0.2, 0.25) is 0 Å². The zero-order valence-electron chi connectivity index (χ0n) is 15.8. The van der Waals surface area contributed by atoms with Crippen molar-refractivity contribution in [2.75, 3.05) is 0 Å². The van der Waals surface area contributed by atoms with Crippen LogP contribution in [0.25, 0.3) is 0 Å². The first-order valence-electron chi connectivity index (χ1n) is 9.99. The van der Waals surface area contributed by atoms with E-state index in [9.17, 15) is 15.0 Å². The maximum absolute atomic E-state index is 12.2. The fourth-order valence-corrected chi connectivity index (χ4v) is 7.46. The van der Waals surface area contributed by atoms with Crippen LogP contribution in [-0.4, -0.2) is 33.7 Å². The van der Waals surface area contributed by atoms with Gasteiger partial charge in [0.1, 0.15) is 5.78 Å². The number of aliphatic hydroxyl groups excluding tert-OH is 2. The van der Waals surface area contributed by atoms with Gasteiger partial charge in [-0.15, -0.1) is 0 Å². The fourth-order valence-electron chi connectivity index (χ4n) is 7.46. The van der Waals surface area contributed by atoms with E-state index in [4.69, 9.17) is 5.73 Å². The molecule has 140 valence electrons. The molecule has 4 nitrogen and oxygen atoms in total. The molecule has 0 aromatic heterocycles. The van der Waals surface area contributed by atoms with Gasteiger partial charge in [0.25, 0.3) is 0 Å². The van der Waals surface area contributed by atoms with Crippen molar-refractivity contribution in [2.45, 2.75) is 83.5 Å². The van der Waals surface area contributed by atoms with Crippen LogP contribution in [0, 0.1) is 28.6 Å². The molecule has 0 radical (unpaired) electrons. The van der Waals surface area contributed by atoms with Crippen molar-refractivity contribution in [1.29, 1.82) is 0 Å². The number of Topliss-reactive ketones (excluding diaryl/α,β-unsaturated/α-hetero) is 1. The summed E-state index contributed by atoms with van der Waals surface area (Å²) >= 11 is 0. The average molecular weight is 347 g/mol. The molecule has 3 saturated carbocycles. The molecule has 0 aliphatic heterocycles. The highest BCUT2D eigenvalue weighted by molar-refractivity contribution is 5.79. The highest BCUT2D eigenvalue weighted by Gasteiger charge is 2.68. The molecule has 25 heavy (non-hydrogen) atoms. The highest BCUT2D eigenvalue weighted by Crippen LogP contribution is 2.67. The Labute approximate surface area is 150 Å². The monoisotopic (exact) mass is 347 g/mol. The van der Waals surface area contributed by atoms with Crippen LogP contribution in [0.1, 0.15) is 65.7 Å². The van der Waals surface area contributed by atoms with Gasteiger partial charge in [0, 0.05) is 11.3 Å². The summed E-state index contributed by atoms with van der Waals surface area (Å²) in [6.07, 6.45) is 7.18. The minimum absolute atomic E-state index is 0.0584. The second-order valence-corrected chi connectivity index (χ2v) is 9.81. The van der Waals surface area contributed by atoms with Gasteiger partial charge in [0.15, 0.2) is 0 Å². The molecule has 4 aliphatic carbocycles. The molecule has 4 heteroatoms. The number of fused-ring (bicyclic) bond motifs is 5. The largest absolute Gasteiger partial charge is 0.393 e. The van der Waals surface area contributed by atoms with Crippen LogP contribution in [0.3, 0.4) is 0 Å². The Hall–Kier alpha value is -0.710. The molecule has 4 N–H and O–H groups in total. The zero-order chi connectivity index (χ0) is 18.2. The summed E-state index contributed by atoms with van der Waals surface area (Å²) in [6, 6.07) is 0. The number of allylic oxidation sites excluding steroid dienone is 1. The van der Waals surface area contributed by atoms with Crippen LogP contribution in [0.4, 0.5) is 0 Å². The minimum atomic E-state index is -0.646. The van der Waals surface area contributed by atoms with Crippen LogP contribution in [-0.2, 0) is 4.79 Å². The predicted molar refractivity (Wildman–Crippen MR) is 96.7 cm³/mol. The Morgan fingerprint density at radius 3 is 2.60 bits per heavy atom. The lowest BCUT2D eigenvalue weighted by Gasteiger charge is -2.65. The lowest BCUT2D eigenvalue weighted by molar-refractivity contribution is -0.150. The maximum atomic E-state index is 12.2. The van der Waals surface area contributed by atoms with E-state index in [1.165, 1.54) is 5.57 Å². The third kappa shape index (κ3) is 2.08. The van der Waals surface area contributed by atoms with Crippen molar-refractivity contribution in [2.24, 2.45) is 34.3 Å². The third-order valence-corrected chi connectivity index (χ3v) is 8.90. The number of aliphatic hydroxyl groups is 2. The summed E-state index contributed by atoms with van der Waals surface area (Å²) in [5.74, 6) is 0.940. The molecular weight excluding hydrogens is 314 g/mol. The van der Waals surface area contributed by atoms with Gasteiger partial charge in [0.2, 0.25) is 0 Å². The van der Waals surface area contributed by atoms with Gasteiger partial charge in [-0.3, -0.25) is 4.79 Å². The molecule has 0 spiro atoms. The minimum Gasteiger partial charge on any atom is -0.393 e.